The van der Waals surface area contributed by atoms with Gasteiger partial charge in [-0.3, -0.25) is 9.59 Å². The summed E-state index contributed by atoms with van der Waals surface area (Å²) in [7, 11) is 4.97. The highest BCUT2D eigenvalue weighted by atomic mass is 35.5. The van der Waals surface area contributed by atoms with Crippen LogP contribution in [0.4, 0.5) is 5.69 Å². The van der Waals surface area contributed by atoms with E-state index in [2.05, 4.69) is 5.32 Å². The summed E-state index contributed by atoms with van der Waals surface area (Å²) < 4.78 is 6.48. The van der Waals surface area contributed by atoms with Gasteiger partial charge >= 0.3 is 5.97 Å². The Bertz CT molecular complexity index is 797. The maximum atomic E-state index is 11.9. The van der Waals surface area contributed by atoms with Gasteiger partial charge in [0.2, 0.25) is 0 Å². The number of carbonyl (C=O) groups excluding carboxylic acids is 3. The molecule has 1 aromatic carbocycles. The van der Waals surface area contributed by atoms with Gasteiger partial charge in [-0.1, -0.05) is 11.6 Å². The minimum absolute atomic E-state index is 0.131. The van der Waals surface area contributed by atoms with Crippen LogP contribution in [0, 0.1) is 0 Å². The summed E-state index contributed by atoms with van der Waals surface area (Å²) >= 11 is 5.80. The van der Waals surface area contributed by atoms with Crippen LogP contribution in [0.2, 0.25) is 5.02 Å². The van der Waals surface area contributed by atoms with Gasteiger partial charge in [-0.2, -0.15) is 0 Å². The van der Waals surface area contributed by atoms with Gasteiger partial charge in [0.25, 0.3) is 11.8 Å². The third kappa shape index (κ3) is 4.84. The van der Waals surface area contributed by atoms with Crippen molar-refractivity contribution in [3.05, 3.63) is 52.8 Å². The highest BCUT2D eigenvalue weighted by Gasteiger charge is 2.15. The van der Waals surface area contributed by atoms with Gasteiger partial charge in [-0.05, 0) is 30.3 Å². The monoisotopic (exact) mass is 363 g/mol. The first-order chi connectivity index (χ1) is 11.8. The predicted octanol–water partition coefficient (Wildman–Crippen LogP) is 2.18. The molecule has 2 aromatic rings. The summed E-state index contributed by atoms with van der Waals surface area (Å²) in [5.74, 6) is -1.26. The zero-order valence-corrected chi connectivity index (χ0v) is 14.8. The number of rotatable bonds is 5. The molecule has 2 amide bonds. The molecule has 0 aliphatic carbocycles. The van der Waals surface area contributed by atoms with Crippen LogP contribution in [0.15, 0.2) is 36.5 Å². The molecule has 1 N–H and O–H groups in total. The maximum absolute atomic E-state index is 11.9. The maximum Gasteiger partial charge on any atom is 0.355 e. The summed E-state index contributed by atoms with van der Waals surface area (Å²) in [5, 5.41) is 3.00. The highest BCUT2D eigenvalue weighted by molar-refractivity contribution is 6.31. The molecular formula is C17H18ClN3O4. The molecule has 0 bridgehead atoms. The molecule has 0 fully saturated rings. The van der Waals surface area contributed by atoms with Crippen molar-refractivity contribution < 1.29 is 19.1 Å². The van der Waals surface area contributed by atoms with E-state index in [1.807, 2.05) is 0 Å². The number of amides is 2. The lowest BCUT2D eigenvalue weighted by Gasteiger charge is -2.11. The molecule has 1 aromatic heterocycles. The van der Waals surface area contributed by atoms with Crippen LogP contribution >= 0.6 is 11.6 Å². The minimum Gasteiger partial charge on any atom is -0.451 e. The van der Waals surface area contributed by atoms with Gasteiger partial charge in [-0.15, -0.1) is 0 Å². The molecular weight excluding hydrogens is 346 g/mol. The van der Waals surface area contributed by atoms with Gasteiger partial charge < -0.3 is 19.5 Å². The molecule has 0 saturated carbocycles. The van der Waals surface area contributed by atoms with Crippen LogP contribution < -0.4 is 5.32 Å². The van der Waals surface area contributed by atoms with E-state index in [0.29, 0.717) is 16.3 Å². The van der Waals surface area contributed by atoms with E-state index in [1.165, 1.54) is 15.5 Å². The van der Waals surface area contributed by atoms with Crippen molar-refractivity contribution in [2.75, 3.05) is 26.0 Å². The van der Waals surface area contributed by atoms with E-state index >= 15 is 0 Å². The van der Waals surface area contributed by atoms with Crippen molar-refractivity contribution in [2.24, 2.45) is 7.05 Å². The van der Waals surface area contributed by atoms with Gasteiger partial charge in [0, 0.05) is 38.6 Å². The number of anilines is 1. The van der Waals surface area contributed by atoms with Crippen LogP contribution in [-0.4, -0.2) is 48.0 Å². The number of nitrogens with one attached hydrogen (secondary N) is 1. The summed E-state index contributed by atoms with van der Waals surface area (Å²) in [5.41, 5.74) is 1.26. The lowest BCUT2D eigenvalue weighted by Crippen LogP contribution is -2.22. The number of benzene rings is 1. The average molecular weight is 364 g/mol. The molecule has 0 aliphatic rings. The van der Waals surface area contributed by atoms with Gasteiger partial charge in [-0.25, -0.2) is 4.79 Å². The van der Waals surface area contributed by atoms with Crippen molar-refractivity contribution in [2.45, 2.75) is 0 Å². The Hall–Kier alpha value is -2.80. The summed E-state index contributed by atoms with van der Waals surface area (Å²) in [4.78, 5) is 37.0. The van der Waals surface area contributed by atoms with Gasteiger partial charge in [0.1, 0.15) is 5.69 Å². The molecule has 0 spiro atoms. The second kappa shape index (κ2) is 7.85. The molecule has 2 rings (SSSR count). The summed E-state index contributed by atoms with van der Waals surface area (Å²) in [6.45, 7) is -0.431. The van der Waals surface area contributed by atoms with E-state index in [9.17, 15) is 14.4 Å². The fourth-order valence-electron chi connectivity index (χ4n) is 2.08. The normalized spacial score (nSPS) is 10.2. The predicted molar refractivity (Wildman–Crippen MR) is 93.8 cm³/mol. The number of hydrogen-bond donors (Lipinski definition) is 1. The molecule has 132 valence electrons. The van der Waals surface area contributed by atoms with Crippen LogP contribution in [0.1, 0.15) is 20.8 Å². The fourth-order valence-corrected chi connectivity index (χ4v) is 2.33. The number of carbonyl (C=O) groups is 3. The van der Waals surface area contributed by atoms with Gasteiger partial charge in [0.05, 0.1) is 5.02 Å². The number of halogens is 1. The topological polar surface area (TPSA) is 80.6 Å². The van der Waals surface area contributed by atoms with Crippen molar-refractivity contribution in [1.82, 2.24) is 9.47 Å². The van der Waals surface area contributed by atoms with Crippen LogP contribution in [0.5, 0.6) is 0 Å². The van der Waals surface area contributed by atoms with E-state index in [-0.39, 0.29) is 11.6 Å². The molecule has 0 unspecified atom stereocenters. The number of ether oxygens (including phenoxy) is 1. The van der Waals surface area contributed by atoms with Crippen LogP contribution in [-0.2, 0) is 16.6 Å². The van der Waals surface area contributed by atoms with Crippen molar-refractivity contribution in [3.8, 4) is 0 Å². The SMILES string of the molecule is CN(C)C(=O)c1ccc(NC(=O)COC(=O)c2cc(Cl)cn2C)cc1. The number of hydrogen-bond acceptors (Lipinski definition) is 4. The largest absolute Gasteiger partial charge is 0.451 e. The summed E-state index contributed by atoms with van der Waals surface area (Å²) in [6.07, 6.45) is 1.56. The molecule has 0 saturated heterocycles. The number of aryl methyl sites for hydroxylation is 1. The van der Waals surface area contributed by atoms with Crippen molar-refractivity contribution in [3.63, 3.8) is 0 Å². The number of esters is 1. The van der Waals surface area contributed by atoms with E-state index in [0.717, 1.165) is 0 Å². The van der Waals surface area contributed by atoms with Crippen molar-refractivity contribution >= 4 is 35.1 Å². The Morgan fingerprint density at radius 1 is 1.20 bits per heavy atom. The Labute approximate surface area is 150 Å². The second-order valence-corrected chi connectivity index (χ2v) is 5.99. The molecule has 8 heteroatoms. The first-order valence-electron chi connectivity index (χ1n) is 7.38. The second-order valence-electron chi connectivity index (χ2n) is 5.56. The van der Waals surface area contributed by atoms with Crippen LogP contribution in [0.3, 0.4) is 0 Å². The molecule has 0 atom stereocenters. The molecule has 1 heterocycles. The smallest absolute Gasteiger partial charge is 0.355 e. The molecule has 25 heavy (non-hydrogen) atoms. The number of aromatic nitrogens is 1. The average Bonchev–Trinajstić information content (AvgIpc) is 2.91. The quantitative estimate of drug-likeness (QED) is 0.825. The van der Waals surface area contributed by atoms with Crippen molar-refractivity contribution in [1.29, 1.82) is 0 Å². The van der Waals surface area contributed by atoms with Gasteiger partial charge in [0.15, 0.2) is 6.61 Å². The Morgan fingerprint density at radius 3 is 2.36 bits per heavy atom. The molecule has 7 nitrogen and oxygen atoms in total. The zero-order valence-electron chi connectivity index (χ0n) is 14.1. The third-order valence-electron chi connectivity index (χ3n) is 3.34. The minimum atomic E-state index is -0.642. The molecule has 0 radical (unpaired) electrons. The Balaban J connectivity index is 1.89. The Kier molecular flexibility index (Phi) is 5.82. The lowest BCUT2D eigenvalue weighted by molar-refractivity contribution is -0.119. The Morgan fingerprint density at radius 2 is 1.84 bits per heavy atom. The van der Waals surface area contributed by atoms with Crippen LogP contribution in [0.25, 0.3) is 0 Å². The first-order valence-corrected chi connectivity index (χ1v) is 7.76. The van der Waals surface area contributed by atoms with E-state index < -0.39 is 18.5 Å². The highest BCUT2D eigenvalue weighted by Crippen LogP contribution is 2.14. The zero-order chi connectivity index (χ0) is 18.6. The first kappa shape index (κ1) is 18.5. The summed E-state index contributed by atoms with van der Waals surface area (Å²) in [6, 6.07) is 7.88. The lowest BCUT2D eigenvalue weighted by atomic mass is 10.2. The molecule has 0 aliphatic heterocycles. The van der Waals surface area contributed by atoms with E-state index in [1.54, 1.807) is 51.6 Å². The van der Waals surface area contributed by atoms with E-state index in [4.69, 9.17) is 16.3 Å². The standard InChI is InChI=1S/C17H18ClN3O4/c1-20(2)16(23)11-4-6-13(7-5-11)19-15(22)10-25-17(24)14-8-12(18)9-21(14)3/h4-9H,10H2,1-3H3,(H,19,22). The number of nitrogens with zero attached hydrogens (tertiary/aromatic N) is 2. The fraction of sp³-hybridized carbons (Fsp3) is 0.235. The third-order valence-corrected chi connectivity index (χ3v) is 3.54.